The Bertz CT molecular complexity index is 974. The molecule has 0 bridgehead atoms. The molecule has 3 nitrogen and oxygen atoms in total. The number of fused-ring (bicyclic) bond motifs is 3. The summed E-state index contributed by atoms with van der Waals surface area (Å²) >= 11 is 0. The van der Waals surface area contributed by atoms with E-state index >= 15 is 0 Å². The summed E-state index contributed by atoms with van der Waals surface area (Å²) < 4.78 is 12.7. The van der Waals surface area contributed by atoms with Gasteiger partial charge in [0.1, 0.15) is 11.9 Å². The molecular formula is C26H40O3Si2. The maximum Gasteiger partial charge on any atom is 0.303 e. The van der Waals surface area contributed by atoms with Crippen LogP contribution >= 0.6 is 0 Å². The average Bonchev–Trinajstić information content (AvgIpc) is 3.21. The van der Waals surface area contributed by atoms with Crippen LogP contribution in [0.25, 0.3) is 5.57 Å². The van der Waals surface area contributed by atoms with Gasteiger partial charge in [0.15, 0.2) is 0 Å². The van der Waals surface area contributed by atoms with Gasteiger partial charge in [0.2, 0.25) is 0 Å². The Labute approximate surface area is 190 Å². The topological polar surface area (TPSA) is 35.5 Å². The van der Waals surface area contributed by atoms with Gasteiger partial charge in [-0.25, -0.2) is 0 Å². The number of benzene rings is 1. The van der Waals surface area contributed by atoms with Gasteiger partial charge in [0, 0.05) is 18.9 Å². The van der Waals surface area contributed by atoms with Crippen LogP contribution in [0.4, 0.5) is 0 Å². The Morgan fingerprint density at radius 3 is 2.23 bits per heavy atom. The SMILES string of the molecule is CC(=O)OC1C2=C(CCCC2)c2c1c([Si](C)(C)C)c1c(c2[Si](C)(C)C(C)(C)C)OCC1. The van der Waals surface area contributed by atoms with Gasteiger partial charge in [-0.15, -0.1) is 0 Å². The molecule has 2 aliphatic carbocycles. The van der Waals surface area contributed by atoms with Gasteiger partial charge in [-0.3, -0.25) is 4.79 Å². The summed E-state index contributed by atoms with van der Waals surface area (Å²) in [4.78, 5) is 12.3. The molecule has 0 saturated carbocycles. The predicted octanol–water partition coefficient (Wildman–Crippen LogP) is 5.83. The van der Waals surface area contributed by atoms with Gasteiger partial charge in [-0.2, -0.15) is 0 Å². The smallest absolute Gasteiger partial charge is 0.303 e. The first kappa shape index (κ1) is 22.8. The van der Waals surface area contributed by atoms with Gasteiger partial charge in [0.05, 0.1) is 22.8 Å². The number of ether oxygens (including phenoxy) is 2. The Morgan fingerprint density at radius 2 is 1.65 bits per heavy atom. The van der Waals surface area contributed by atoms with Crippen LogP contribution < -0.4 is 15.1 Å². The number of rotatable bonds is 3. The molecule has 1 unspecified atom stereocenters. The van der Waals surface area contributed by atoms with Crippen LogP contribution in [0, 0.1) is 0 Å². The van der Waals surface area contributed by atoms with E-state index in [-0.39, 0.29) is 17.1 Å². The Balaban J connectivity index is 2.16. The van der Waals surface area contributed by atoms with Crippen LogP contribution in [-0.2, 0) is 16.0 Å². The van der Waals surface area contributed by atoms with Crippen LogP contribution in [-0.4, -0.2) is 28.7 Å². The zero-order chi connectivity index (χ0) is 22.9. The molecule has 170 valence electrons. The van der Waals surface area contributed by atoms with Crippen molar-refractivity contribution in [3.05, 3.63) is 22.3 Å². The van der Waals surface area contributed by atoms with Crippen molar-refractivity contribution in [2.24, 2.45) is 0 Å². The lowest BCUT2D eigenvalue weighted by molar-refractivity contribution is -0.144. The van der Waals surface area contributed by atoms with Gasteiger partial charge >= 0.3 is 5.97 Å². The summed E-state index contributed by atoms with van der Waals surface area (Å²) in [6.07, 6.45) is 5.38. The zero-order valence-electron chi connectivity index (χ0n) is 21.0. The molecule has 1 aliphatic heterocycles. The second-order valence-corrected chi connectivity index (χ2v) is 22.5. The summed E-state index contributed by atoms with van der Waals surface area (Å²) in [5.74, 6) is 1.05. The molecule has 0 radical (unpaired) electrons. The fourth-order valence-corrected chi connectivity index (χ4v) is 10.5. The molecule has 3 aliphatic rings. The summed E-state index contributed by atoms with van der Waals surface area (Å²) in [5, 5.41) is 3.22. The minimum Gasteiger partial charge on any atom is -0.493 e. The van der Waals surface area contributed by atoms with Gasteiger partial charge in [0.25, 0.3) is 0 Å². The van der Waals surface area contributed by atoms with Crippen molar-refractivity contribution in [2.75, 3.05) is 6.61 Å². The van der Waals surface area contributed by atoms with Crippen molar-refractivity contribution in [1.29, 1.82) is 0 Å². The molecule has 1 atom stereocenters. The molecule has 1 aromatic carbocycles. The van der Waals surface area contributed by atoms with Crippen molar-refractivity contribution >= 4 is 38.1 Å². The highest BCUT2D eigenvalue weighted by Gasteiger charge is 2.49. The Morgan fingerprint density at radius 1 is 1.00 bits per heavy atom. The second-order valence-electron chi connectivity index (χ2n) is 12.3. The summed E-state index contributed by atoms with van der Waals surface area (Å²) in [5.41, 5.74) is 7.13. The summed E-state index contributed by atoms with van der Waals surface area (Å²) in [7, 11) is -3.62. The Hall–Kier alpha value is -1.34. The number of esters is 1. The standard InChI is InChI=1S/C26H40O3Si2/c1-16(27)29-22-18-13-11-10-12-17(18)20-21(22)24(30(5,6)7)19-14-15-28-23(19)25(20)31(8,9)26(2,3)4/h22H,10-15H2,1-9H3. The van der Waals surface area contributed by atoms with Crippen LogP contribution in [0.3, 0.4) is 0 Å². The molecule has 0 spiro atoms. The number of allylic oxidation sites excluding steroid dienone is 1. The second kappa shape index (κ2) is 7.34. The van der Waals surface area contributed by atoms with Crippen molar-refractivity contribution in [3.8, 4) is 5.75 Å². The lowest BCUT2D eigenvalue weighted by atomic mass is 9.91. The van der Waals surface area contributed by atoms with Gasteiger partial charge in [-0.05, 0) is 63.4 Å². The minimum absolute atomic E-state index is 0.164. The molecule has 0 N–H and O–H groups in total. The van der Waals surface area contributed by atoms with E-state index in [0.717, 1.165) is 25.9 Å². The van der Waals surface area contributed by atoms with Gasteiger partial charge < -0.3 is 9.47 Å². The normalized spacial score (nSPS) is 20.9. The highest BCUT2D eigenvalue weighted by Crippen LogP contribution is 2.52. The number of carbonyl (C=O) groups excluding carboxylic acids is 1. The van der Waals surface area contributed by atoms with E-state index in [1.54, 1.807) is 6.92 Å². The van der Waals surface area contributed by atoms with Crippen LogP contribution in [0.5, 0.6) is 5.75 Å². The fourth-order valence-electron chi connectivity index (χ4n) is 5.83. The third-order valence-electron chi connectivity index (χ3n) is 8.11. The van der Waals surface area contributed by atoms with Gasteiger partial charge in [-0.1, -0.05) is 53.5 Å². The van der Waals surface area contributed by atoms with E-state index in [9.17, 15) is 4.79 Å². The van der Waals surface area contributed by atoms with Crippen LogP contribution in [0.15, 0.2) is 5.57 Å². The molecule has 5 heteroatoms. The van der Waals surface area contributed by atoms with Crippen LogP contribution in [0.2, 0.25) is 37.8 Å². The molecule has 0 fully saturated rings. The summed E-state index contributed by atoms with van der Waals surface area (Å²) in [6.45, 7) is 21.9. The maximum atomic E-state index is 12.3. The largest absolute Gasteiger partial charge is 0.493 e. The first-order valence-corrected chi connectivity index (χ1v) is 18.5. The van der Waals surface area contributed by atoms with E-state index in [1.807, 2.05) is 0 Å². The minimum atomic E-state index is -1.91. The highest BCUT2D eigenvalue weighted by molar-refractivity contribution is 6.94. The third-order valence-corrected chi connectivity index (χ3v) is 15.7. The van der Waals surface area contributed by atoms with Crippen LogP contribution in [0.1, 0.15) is 76.2 Å². The molecule has 0 amide bonds. The monoisotopic (exact) mass is 456 g/mol. The van der Waals surface area contributed by atoms with Crippen molar-refractivity contribution in [3.63, 3.8) is 0 Å². The average molecular weight is 457 g/mol. The lowest BCUT2D eigenvalue weighted by Crippen LogP contribution is -2.54. The lowest BCUT2D eigenvalue weighted by Gasteiger charge is -2.41. The van der Waals surface area contributed by atoms with E-state index in [2.05, 4.69) is 53.5 Å². The molecule has 1 heterocycles. The molecule has 31 heavy (non-hydrogen) atoms. The number of hydrogen-bond acceptors (Lipinski definition) is 3. The molecule has 4 rings (SSSR count). The molecule has 0 aromatic heterocycles. The van der Waals surface area contributed by atoms with Crippen molar-refractivity contribution in [1.82, 2.24) is 0 Å². The summed E-state index contributed by atoms with van der Waals surface area (Å²) in [6, 6.07) is 0. The fraction of sp³-hybridized carbons (Fsp3) is 0.654. The van der Waals surface area contributed by atoms with E-state index in [0.29, 0.717) is 0 Å². The molecular weight excluding hydrogens is 416 g/mol. The Kier molecular flexibility index (Phi) is 5.41. The number of carbonyl (C=O) groups is 1. The third kappa shape index (κ3) is 3.47. The van der Waals surface area contributed by atoms with Crippen molar-refractivity contribution in [2.45, 2.75) is 104 Å². The highest BCUT2D eigenvalue weighted by atomic mass is 28.3. The molecule has 1 aromatic rings. The molecule has 0 saturated heterocycles. The van der Waals surface area contributed by atoms with E-state index < -0.39 is 16.1 Å². The zero-order valence-corrected chi connectivity index (χ0v) is 23.0. The first-order valence-electron chi connectivity index (χ1n) is 12.0. The van der Waals surface area contributed by atoms with Crippen molar-refractivity contribution < 1.29 is 14.3 Å². The van der Waals surface area contributed by atoms with E-state index in [1.165, 1.54) is 56.8 Å². The van der Waals surface area contributed by atoms with E-state index in [4.69, 9.17) is 9.47 Å². The predicted molar refractivity (Wildman–Crippen MR) is 135 cm³/mol. The number of hydrogen-bond donors (Lipinski definition) is 0. The first-order chi connectivity index (χ1) is 14.3. The quantitative estimate of drug-likeness (QED) is 0.424. The maximum absolute atomic E-state index is 12.3.